The monoisotopic (exact) mass is 437 g/mol. The Bertz CT molecular complexity index is 1350. The zero-order chi connectivity index (χ0) is 22.2. The highest BCUT2D eigenvalue weighted by Gasteiger charge is 2.19. The van der Waals surface area contributed by atoms with Crippen molar-refractivity contribution < 1.29 is 8.42 Å². The fraction of sp³-hybridized carbons (Fsp3) is 0.190. The Balaban J connectivity index is 1.82. The van der Waals surface area contributed by atoms with E-state index in [0.29, 0.717) is 35.0 Å². The van der Waals surface area contributed by atoms with Gasteiger partial charge in [0.15, 0.2) is 11.6 Å². The molecule has 10 heteroatoms. The number of primary sulfonamides is 1. The van der Waals surface area contributed by atoms with Crippen LogP contribution in [0.4, 0.5) is 11.6 Å². The minimum Gasteiger partial charge on any atom is -0.363 e. The maximum absolute atomic E-state index is 12.0. The molecule has 4 rings (SSSR count). The molecule has 160 valence electrons. The van der Waals surface area contributed by atoms with Gasteiger partial charge in [-0.1, -0.05) is 36.4 Å². The molecule has 0 saturated heterocycles. The molecule has 0 fully saturated rings. The highest BCUT2D eigenvalue weighted by molar-refractivity contribution is 7.89. The zero-order valence-corrected chi connectivity index (χ0v) is 18.3. The van der Waals surface area contributed by atoms with Crippen molar-refractivity contribution in [2.24, 2.45) is 5.14 Å². The SMILES string of the molecule is Cc1cc2c(S(N)(=O)=O)cccc2n1-c1nnc(N(C)C)c(NCc2ccccc2)n1. The van der Waals surface area contributed by atoms with Gasteiger partial charge in [0.1, 0.15) is 0 Å². The van der Waals surface area contributed by atoms with Crippen LogP contribution in [0.2, 0.25) is 0 Å². The molecule has 0 aliphatic carbocycles. The summed E-state index contributed by atoms with van der Waals surface area (Å²) >= 11 is 0. The average Bonchev–Trinajstić information content (AvgIpc) is 3.07. The molecule has 2 aromatic heterocycles. The van der Waals surface area contributed by atoms with Gasteiger partial charge in [-0.25, -0.2) is 13.6 Å². The van der Waals surface area contributed by atoms with Gasteiger partial charge >= 0.3 is 0 Å². The van der Waals surface area contributed by atoms with Crippen LogP contribution in [0.5, 0.6) is 0 Å². The van der Waals surface area contributed by atoms with Gasteiger partial charge in [-0.05, 0) is 30.7 Å². The Morgan fingerprint density at radius 3 is 2.48 bits per heavy atom. The van der Waals surface area contributed by atoms with E-state index in [1.807, 2.05) is 56.3 Å². The first-order chi connectivity index (χ1) is 14.8. The van der Waals surface area contributed by atoms with Gasteiger partial charge in [0.05, 0.1) is 10.4 Å². The number of nitrogens with one attached hydrogen (secondary N) is 1. The van der Waals surface area contributed by atoms with E-state index >= 15 is 0 Å². The molecular weight excluding hydrogens is 414 g/mol. The Morgan fingerprint density at radius 1 is 1.06 bits per heavy atom. The quantitative estimate of drug-likeness (QED) is 0.475. The second-order valence-corrected chi connectivity index (χ2v) is 8.90. The van der Waals surface area contributed by atoms with E-state index in [2.05, 4.69) is 15.5 Å². The molecule has 2 heterocycles. The standard InChI is InChI=1S/C21H23N7O2S/c1-14-12-16-17(10-7-11-18(16)31(22,29)30)28(14)21-24-19(20(25-26-21)27(2)3)23-13-15-8-5-4-6-9-15/h4-12H,13H2,1-3H3,(H2,22,29,30)(H,23,24,26). The first-order valence-corrected chi connectivity index (χ1v) is 11.1. The molecule has 0 spiro atoms. The fourth-order valence-corrected chi connectivity index (χ4v) is 4.20. The lowest BCUT2D eigenvalue weighted by atomic mass is 10.2. The molecule has 0 unspecified atom stereocenters. The number of benzene rings is 2. The van der Waals surface area contributed by atoms with Crippen LogP contribution in [0.1, 0.15) is 11.3 Å². The fourth-order valence-electron chi connectivity index (χ4n) is 3.46. The third-order valence-corrected chi connectivity index (χ3v) is 5.85. The van der Waals surface area contributed by atoms with E-state index in [9.17, 15) is 8.42 Å². The van der Waals surface area contributed by atoms with Gasteiger partial charge in [0.25, 0.3) is 5.95 Å². The highest BCUT2D eigenvalue weighted by atomic mass is 32.2. The number of aromatic nitrogens is 4. The number of nitrogens with zero attached hydrogens (tertiary/aromatic N) is 5. The summed E-state index contributed by atoms with van der Waals surface area (Å²) in [6.45, 7) is 2.42. The van der Waals surface area contributed by atoms with Gasteiger partial charge in [0.2, 0.25) is 10.0 Å². The zero-order valence-electron chi connectivity index (χ0n) is 17.4. The maximum atomic E-state index is 12.0. The first-order valence-electron chi connectivity index (χ1n) is 9.60. The van der Waals surface area contributed by atoms with Crippen molar-refractivity contribution in [1.29, 1.82) is 0 Å². The molecule has 0 radical (unpaired) electrons. The summed E-state index contributed by atoms with van der Waals surface area (Å²) in [7, 11) is -0.132. The summed E-state index contributed by atoms with van der Waals surface area (Å²) in [6.07, 6.45) is 0. The number of nitrogens with two attached hydrogens (primary N) is 1. The summed E-state index contributed by atoms with van der Waals surface area (Å²) < 4.78 is 25.8. The van der Waals surface area contributed by atoms with Crippen LogP contribution in [-0.4, -0.2) is 42.3 Å². The third kappa shape index (κ3) is 4.07. The van der Waals surface area contributed by atoms with Crippen LogP contribution in [0.25, 0.3) is 16.9 Å². The summed E-state index contributed by atoms with van der Waals surface area (Å²) in [6, 6.07) is 16.7. The van der Waals surface area contributed by atoms with E-state index < -0.39 is 10.0 Å². The van der Waals surface area contributed by atoms with Crippen molar-refractivity contribution in [1.82, 2.24) is 19.7 Å². The molecule has 9 nitrogen and oxygen atoms in total. The highest BCUT2D eigenvalue weighted by Crippen LogP contribution is 2.29. The predicted molar refractivity (Wildman–Crippen MR) is 121 cm³/mol. The number of anilines is 2. The summed E-state index contributed by atoms with van der Waals surface area (Å²) in [5, 5.41) is 17.9. The van der Waals surface area contributed by atoms with Crippen molar-refractivity contribution in [3.63, 3.8) is 0 Å². The number of aryl methyl sites for hydroxylation is 1. The number of fused-ring (bicyclic) bond motifs is 1. The molecule has 0 bridgehead atoms. The number of rotatable bonds is 6. The Morgan fingerprint density at radius 2 is 1.81 bits per heavy atom. The predicted octanol–water partition coefficient (Wildman–Crippen LogP) is 2.45. The van der Waals surface area contributed by atoms with Crippen LogP contribution in [0, 0.1) is 6.92 Å². The molecule has 0 saturated carbocycles. The molecule has 0 amide bonds. The molecule has 4 aromatic rings. The molecule has 0 aliphatic rings. The lowest BCUT2D eigenvalue weighted by Crippen LogP contribution is -2.18. The summed E-state index contributed by atoms with van der Waals surface area (Å²) in [5.74, 6) is 1.50. The van der Waals surface area contributed by atoms with Crippen LogP contribution in [0.15, 0.2) is 59.5 Å². The molecule has 0 aliphatic heterocycles. The Labute approximate surface area is 180 Å². The molecule has 0 atom stereocenters. The van der Waals surface area contributed by atoms with E-state index in [1.165, 1.54) is 6.07 Å². The van der Waals surface area contributed by atoms with Crippen LogP contribution < -0.4 is 15.4 Å². The minimum atomic E-state index is -3.87. The van der Waals surface area contributed by atoms with E-state index in [0.717, 1.165) is 11.3 Å². The number of hydrogen-bond donors (Lipinski definition) is 2. The third-order valence-electron chi connectivity index (χ3n) is 4.88. The largest absolute Gasteiger partial charge is 0.363 e. The Kier molecular flexibility index (Phi) is 5.34. The van der Waals surface area contributed by atoms with Gasteiger partial charge in [-0.15, -0.1) is 10.2 Å². The molecule has 3 N–H and O–H groups in total. The second kappa shape index (κ2) is 7.97. The lowest BCUT2D eigenvalue weighted by molar-refractivity contribution is 0.598. The van der Waals surface area contributed by atoms with Gasteiger partial charge in [-0.3, -0.25) is 4.57 Å². The smallest absolute Gasteiger partial charge is 0.256 e. The maximum Gasteiger partial charge on any atom is 0.256 e. The minimum absolute atomic E-state index is 0.0622. The van der Waals surface area contributed by atoms with Crippen molar-refractivity contribution in [3.05, 3.63) is 65.9 Å². The van der Waals surface area contributed by atoms with Crippen molar-refractivity contribution in [2.45, 2.75) is 18.4 Å². The van der Waals surface area contributed by atoms with Gasteiger partial charge in [-0.2, -0.15) is 4.98 Å². The topological polar surface area (TPSA) is 119 Å². The van der Waals surface area contributed by atoms with Crippen LogP contribution in [-0.2, 0) is 16.6 Å². The van der Waals surface area contributed by atoms with E-state index in [4.69, 9.17) is 10.1 Å². The van der Waals surface area contributed by atoms with Crippen molar-refractivity contribution in [3.8, 4) is 5.95 Å². The molecule has 2 aromatic carbocycles. The second-order valence-electron chi connectivity index (χ2n) is 7.37. The lowest BCUT2D eigenvalue weighted by Gasteiger charge is -2.17. The average molecular weight is 438 g/mol. The van der Waals surface area contributed by atoms with E-state index in [-0.39, 0.29) is 4.90 Å². The number of sulfonamides is 1. The normalized spacial score (nSPS) is 11.6. The van der Waals surface area contributed by atoms with Gasteiger partial charge in [0, 0.05) is 31.7 Å². The summed E-state index contributed by atoms with van der Waals surface area (Å²) in [4.78, 5) is 6.60. The van der Waals surface area contributed by atoms with Crippen molar-refractivity contribution in [2.75, 3.05) is 24.3 Å². The summed E-state index contributed by atoms with van der Waals surface area (Å²) in [5.41, 5.74) is 2.50. The van der Waals surface area contributed by atoms with Crippen molar-refractivity contribution >= 4 is 32.6 Å². The van der Waals surface area contributed by atoms with E-state index in [1.54, 1.807) is 22.8 Å². The van der Waals surface area contributed by atoms with Crippen LogP contribution in [0.3, 0.4) is 0 Å². The molecular formula is C21H23N7O2S. The van der Waals surface area contributed by atoms with Gasteiger partial charge < -0.3 is 10.2 Å². The van der Waals surface area contributed by atoms with Crippen LogP contribution >= 0.6 is 0 Å². The first kappa shape index (κ1) is 20.8. The molecule has 31 heavy (non-hydrogen) atoms. The number of hydrogen-bond acceptors (Lipinski definition) is 7. The Hall–Kier alpha value is -3.50.